The number of carboxylic acids is 1. The number of aromatic carboxylic acids is 1. The van der Waals surface area contributed by atoms with Crippen LogP contribution in [-0.2, 0) is 4.79 Å². The zero-order valence-electron chi connectivity index (χ0n) is 15.5. The molecule has 1 amide bonds. The van der Waals surface area contributed by atoms with E-state index in [4.69, 9.17) is 9.52 Å². The van der Waals surface area contributed by atoms with E-state index in [0.717, 1.165) is 5.01 Å². The van der Waals surface area contributed by atoms with E-state index in [0.29, 0.717) is 16.5 Å². The third kappa shape index (κ3) is 4.75. The van der Waals surface area contributed by atoms with Crippen LogP contribution in [0.25, 0.3) is 17.4 Å². The molecule has 0 atom stereocenters. The molecular formula is C20H16N4O4S. The molecule has 0 unspecified atom stereocenters. The number of rotatable bonds is 6. The van der Waals surface area contributed by atoms with Crippen molar-refractivity contribution in [3.63, 3.8) is 0 Å². The third-order valence-corrected chi connectivity index (χ3v) is 4.97. The molecule has 0 aliphatic carbocycles. The first kappa shape index (κ1) is 20.0. The summed E-state index contributed by atoms with van der Waals surface area (Å²) in [5.41, 5.74) is 0.542. The van der Waals surface area contributed by atoms with Gasteiger partial charge in [-0.15, -0.1) is 10.2 Å². The summed E-state index contributed by atoms with van der Waals surface area (Å²) in [6.07, 6.45) is 1.31. The minimum absolute atomic E-state index is 0.130. The van der Waals surface area contributed by atoms with E-state index in [-0.39, 0.29) is 22.8 Å². The molecular weight excluding hydrogens is 392 g/mol. The summed E-state index contributed by atoms with van der Waals surface area (Å²) < 4.78 is 5.65. The van der Waals surface area contributed by atoms with E-state index in [2.05, 4.69) is 15.5 Å². The highest BCUT2D eigenvalue weighted by Crippen LogP contribution is 2.25. The monoisotopic (exact) mass is 408 g/mol. The van der Waals surface area contributed by atoms with Crippen molar-refractivity contribution in [3.05, 3.63) is 58.3 Å². The quantitative estimate of drug-likeness (QED) is 0.462. The number of amides is 1. The summed E-state index contributed by atoms with van der Waals surface area (Å²) in [6.45, 7) is 3.93. The number of hydrogen-bond acceptors (Lipinski definition) is 7. The molecule has 3 rings (SSSR count). The summed E-state index contributed by atoms with van der Waals surface area (Å²) in [4.78, 5) is 23.5. The van der Waals surface area contributed by atoms with Gasteiger partial charge < -0.3 is 9.52 Å². The number of carbonyl (C=O) groups is 2. The van der Waals surface area contributed by atoms with E-state index < -0.39 is 11.9 Å². The third-order valence-electron chi connectivity index (χ3n) is 3.83. The van der Waals surface area contributed by atoms with Crippen LogP contribution in [0.5, 0.6) is 0 Å². The Balaban J connectivity index is 1.79. The molecule has 0 aliphatic heterocycles. The normalized spacial score (nSPS) is 11.3. The van der Waals surface area contributed by atoms with E-state index in [9.17, 15) is 14.9 Å². The summed E-state index contributed by atoms with van der Waals surface area (Å²) in [5, 5.41) is 30.0. The molecule has 2 N–H and O–H groups in total. The molecule has 2 heterocycles. The molecule has 1 aromatic carbocycles. The summed E-state index contributed by atoms with van der Waals surface area (Å²) in [5.74, 6) is -0.773. The van der Waals surface area contributed by atoms with E-state index in [1.54, 1.807) is 24.3 Å². The Labute approximate surface area is 170 Å². The minimum atomic E-state index is -1.04. The van der Waals surface area contributed by atoms with Crippen molar-refractivity contribution in [2.75, 3.05) is 5.32 Å². The smallest absolute Gasteiger partial charge is 0.335 e. The van der Waals surface area contributed by atoms with Crippen LogP contribution in [0.15, 0.2) is 46.4 Å². The van der Waals surface area contributed by atoms with Crippen LogP contribution in [0.3, 0.4) is 0 Å². The van der Waals surface area contributed by atoms with Crippen molar-refractivity contribution in [2.45, 2.75) is 19.8 Å². The predicted molar refractivity (Wildman–Crippen MR) is 107 cm³/mol. The molecule has 0 bridgehead atoms. The van der Waals surface area contributed by atoms with Gasteiger partial charge in [-0.2, -0.15) is 5.26 Å². The highest BCUT2D eigenvalue weighted by molar-refractivity contribution is 7.15. The second kappa shape index (κ2) is 8.50. The number of furan rings is 1. The van der Waals surface area contributed by atoms with Crippen molar-refractivity contribution in [2.24, 2.45) is 0 Å². The fraction of sp³-hybridized carbons (Fsp3) is 0.150. The topological polar surface area (TPSA) is 129 Å². The van der Waals surface area contributed by atoms with E-state index in [1.807, 2.05) is 19.9 Å². The van der Waals surface area contributed by atoms with E-state index >= 15 is 0 Å². The Morgan fingerprint density at radius 1 is 1.28 bits per heavy atom. The Morgan fingerprint density at radius 2 is 2.07 bits per heavy atom. The molecule has 9 heteroatoms. The summed E-state index contributed by atoms with van der Waals surface area (Å²) in [7, 11) is 0. The number of nitrogens with one attached hydrogen (secondary N) is 1. The maximum atomic E-state index is 12.4. The van der Waals surface area contributed by atoms with Crippen molar-refractivity contribution in [3.8, 4) is 17.4 Å². The Bertz CT molecular complexity index is 1140. The molecule has 0 aliphatic rings. The Hall–Kier alpha value is -3.77. The molecule has 0 fully saturated rings. The average Bonchev–Trinajstić information content (AvgIpc) is 3.35. The molecule has 146 valence electrons. The van der Waals surface area contributed by atoms with Gasteiger partial charge in [0, 0.05) is 17.6 Å². The fourth-order valence-corrected chi connectivity index (χ4v) is 3.11. The number of carbonyl (C=O) groups excluding carboxylic acids is 1. The lowest BCUT2D eigenvalue weighted by Crippen LogP contribution is -2.13. The average molecular weight is 408 g/mol. The summed E-state index contributed by atoms with van der Waals surface area (Å²) in [6, 6.07) is 11.3. The zero-order valence-corrected chi connectivity index (χ0v) is 16.4. The van der Waals surface area contributed by atoms with Gasteiger partial charge >= 0.3 is 5.97 Å². The van der Waals surface area contributed by atoms with Crippen molar-refractivity contribution >= 4 is 34.4 Å². The lowest BCUT2D eigenvalue weighted by Gasteiger charge is -2.00. The van der Waals surface area contributed by atoms with E-state index in [1.165, 1.54) is 29.5 Å². The zero-order chi connectivity index (χ0) is 21.0. The SMILES string of the molecule is CC(C)c1nnc(NC(=O)/C(C#N)=C\c2ccc(-c3cccc(C(=O)O)c3)o2)s1. The van der Waals surface area contributed by atoms with Gasteiger partial charge in [0.05, 0.1) is 5.56 Å². The second-order valence-electron chi connectivity index (χ2n) is 6.31. The molecule has 0 radical (unpaired) electrons. The molecule has 0 saturated carbocycles. The van der Waals surface area contributed by atoms with Crippen molar-refractivity contribution in [1.29, 1.82) is 5.26 Å². The number of nitriles is 1. The number of benzene rings is 1. The first-order chi connectivity index (χ1) is 13.9. The highest BCUT2D eigenvalue weighted by atomic mass is 32.1. The number of hydrogen-bond donors (Lipinski definition) is 2. The standard InChI is InChI=1S/C20H16N4O4S/c1-11(2)18-23-24-20(29-18)22-17(25)14(10-21)9-15-6-7-16(28-15)12-4-3-5-13(8-12)19(26)27/h3-9,11H,1-2H3,(H,26,27)(H,22,24,25)/b14-9-. The first-order valence-electron chi connectivity index (χ1n) is 8.57. The van der Waals surface area contributed by atoms with Crippen LogP contribution in [-0.4, -0.2) is 27.2 Å². The second-order valence-corrected chi connectivity index (χ2v) is 7.32. The Kier molecular flexibility index (Phi) is 5.85. The minimum Gasteiger partial charge on any atom is -0.478 e. The van der Waals surface area contributed by atoms with Gasteiger partial charge in [0.15, 0.2) is 0 Å². The van der Waals surface area contributed by atoms with Crippen LogP contribution in [0.2, 0.25) is 0 Å². The number of nitrogens with zero attached hydrogens (tertiary/aromatic N) is 3. The summed E-state index contributed by atoms with van der Waals surface area (Å²) >= 11 is 1.25. The van der Waals surface area contributed by atoms with Gasteiger partial charge in [-0.25, -0.2) is 4.79 Å². The van der Waals surface area contributed by atoms with Crippen LogP contribution >= 0.6 is 11.3 Å². The first-order valence-corrected chi connectivity index (χ1v) is 9.39. The number of aromatic nitrogens is 2. The van der Waals surface area contributed by atoms with Gasteiger partial charge in [-0.05, 0) is 24.3 Å². The number of anilines is 1. The maximum absolute atomic E-state index is 12.4. The van der Waals surface area contributed by atoms with Gasteiger partial charge in [-0.1, -0.05) is 37.3 Å². The van der Waals surface area contributed by atoms with Gasteiger partial charge in [0.1, 0.15) is 28.2 Å². The van der Waals surface area contributed by atoms with Gasteiger partial charge in [0.2, 0.25) is 5.13 Å². The molecule has 0 spiro atoms. The maximum Gasteiger partial charge on any atom is 0.335 e. The predicted octanol–water partition coefficient (Wildman–Crippen LogP) is 4.17. The molecule has 0 saturated heterocycles. The van der Waals surface area contributed by atoms with Crippen LogP contribution < -0.4 is 5.32 Å². The number of carboxylic acid groups (broad SMARTS) is 1. The highest BCUT2D eigenvalue weighted by Gasteiger charge is 2.15. The molecule has 8 nitrogen and oxygen atoms in total. The van der Waals surface area contributed by atoms with Crippen molar-refractivity contribution in [1.82, 2.24) is 10.2 Å². The molecule has 3 aromatic rings. The van der Waals surface area contributed by atoms with Crippen molar-refractivity contribution < 1.29 is 19.1 Å². The largest absolute Gasteiger partial charge is 0.478 e. The molecule has 2 aromatic heterocycles. The lowest BCUT2D eigenvalue weighted by molar-refractivity contribution is -0.112. The van der Waals surface area contributed by atoms with Gasteiger partial charge in [-0.3, -0.25) is 10.1 Å². The lowest BCUT2D eigenvalue weighted by atomic mass is 10.1. The van der Waals surface area contributed by atoms with Crippen LogP contribution in [0.4, 0.5) is 5.13 Å². The Morgan fingerprint density at radius 3 is 2.72 bits per heavy atom. The van der Waals surface area contributed by atoms with Crippen LogP contribution in [0, 0.1) is 11.3 Å². The van der Waals surface area contributed by atoms with Crippen LogP contribution in [0.1, 0.15) is 40.9 Å². The fourth-order valence-electron chi connectivity index (χ4n) is 2.36. The molecule has 29 heavy (non-hydrogen) atoms. The van der Waals surface area contributed by atoms with Gasteiger partial charge in [0.25, 0.3) is 5.91 Å².